The van der Waals surface area contributed by atoms with Gasteiger partial charge in [0.25, 0.3) is 5.69 Å². The number of aryl methyl sites for hydroxylation is 1. The third kappa shape index (κ3) is 2.30. The number of halogens is 2. The Balaban J connectivity index is 2.71. The van der Waals surface area contributed by atoms with E-state index in [2.05, 4.69) is 4.98 Å². The lowest BCUT2D eigenvalue weighted by molar-refractivity contribution is -0.384. The summed E-state index contributed by atoms with van der Waals surface area (Å²) >= 11 is 11.7. The Morgan fingerprint density at radius 1 is 1.17 bits per heavy atom. The van der Waals surface area contributed by atoms with Gasteiger partial charge in [-0.1, -0.05) is 35.3 Å². The summed E-state index contributed by atoms with van der Waals surface area (Å²) in [7, 11) is 0. The Morgan fingerprint density at radius 3 is 2.50 bits per heavy atom. The molecule has 0 saturated heterocycles. The van der Waals surface area contributed by atoms with Gasteiger partial charge in [0.2, 0.25) is 0 Å². The molecule has 18 heavy (non-hydrogen) atoms. The van der Waals surface area contributed by atoms with Crippen molar-refractivity contribution in [1.82, 2.24) is 4.98 Å². The van der Waals surface area contributed by atoms with Crippen LogP contribution in [0.25, 0.3) is 11.1 Å². The number of benzene rings is 1. The van der Waals surface area contributed by atoms with Gasteiger partial charge in [-0.25, -0.2) is 4.98 Å². The molecular weight excluding hydrogens is 275 g/mol. The smallest absolute Gasteiger partial charge is 0.258 e. The van der Waals surface area contributed by atoms with Gasteiger partial charge in [0.15, 0.2) is 0 Å². The molecule has 0 aliphatic heterocycles. The van der Waals surface area contributed by atoms with Gasteiger partial charge in [-0.2, -0.15) is 0 Å². The molecule has 0 bridgehead atoms. The van der Waals surface area contributed by atoms with Crippen LogP contribution in [0.1, 0.15) is 5.56 Å². The fourth-order valence-corrected chi connectivity index (χ4v) is 2.18. The summed E-state index contributed by atoms with van der Waals surface area (Å²) in [6.45, 7) is 1.68. The van der Waals surface area contributed by atoms with E-state index in [1.807, 2.05) is 0 Å². The minimum atomic E-state index is -0.421. The molecule has 0 aliphatic carbocycles. The lowest BCUT2D eigenvalue weighted by Crippen LogP contribution is -1.96. The number of pyridine rings is 1. The minimum absolute atomic E-state index is 0.0310. The van der Waals surface area contributed by atoms with Gasteiger partial charge in [-0.05, 0) is 25.1 Å². The van der Waals surface area contributed by atoms with E-state index in [1.54, 1.807) is 37.3 Å². The van der Waals surface area contributed by atoms with Crippen molar-refractivity contribution in [2.24, 2.45) is 0 Å². The van der Waals surface area contributed by atoms with Crippen LogP contribution in [0.5, 0.6) is 0 Å². The van der Waals surface area contributed by atoms with E-state index < -0.39 is 4.92 Å². The van der Waals surface area contributed by atoms with E-state index in [4.69, 9.17) is 23.2 Å². The molecule has 0 radical (unpaired) electrons. The monoisotopic (exact) mass is 282 g/mol. The van der Waals surface area contributed by atoms with Gasteiger partial charge < -0.3 is 0 Å². The molecule has 92 valence electrons. The first-order valence-electron chi connectivity index (χ1n) is 5.07. The van der Waals surface area contributed by atoms with E-state index in [0.29, 0.717) is 16.7 Å². The van der Waals surface area contributed by atoms with Crippen molar-refractivity contribution < 1.29 is 4.92 Å². The van der Waals surface area contributed by atoms with Crippen LogP contribution in [-0.2, 0) is 0 Å². The SMILES string of the molecule is Cc1cccc(-c2ccc(Cl)nc2Cl)c1[N+](=O)[O-]. The molecule has 0 saturated carbocycles. The minimum Gasteiger partial charge on any atom is -0.258 e. The molecule has 2 rings (SSSR count). The molecule has 0 spiro atoms. The summed E-state index contributed by atoms with van der Waals surface area (Å²) in [6.07, 6.45) is 0. The highest BCUT2D eigenvalue weighted by atomic mass is 35.5. The van der Waals surface area contributed by atoms with Crippen molar-refractivity contribution in [3.05, 3.63) is 56.3 Å². The number of hydrogen-bond acceptors (Lipinski definition) is 3. The Bertz CT molecular complexity index is 629. The quantitative estimate of drug-likeness (QED) is 0.469. The molecule has 0 aliphatic rings. The highest BCUT2D eigenvalue weighted by Gasteiger charge is 2.20. The van der Waals surface area contributed by atoms with E-state index in [1.165, 1.54) is 0 Å². The maximum absolute atomic E-state index is 11.1. The zero-order chi connectivity index (χ0) is 13.3. The second-order valence-corrected chi connectivity index (χ2v) is 4.45. The molecule has 0 N–H and O–H groups in total. The number of nitro groups is 1. The fraction of sp³-hybridized carbons (Fsp3) is 0.0833. The van der Waals surface area contributed by atoms with Crippen molar-refractivity contribution in [3.63, 3.8) is 0 Å². The van der Waals surface area contributed by atoms with Crippen molar-refractivity contribution in [2.75, 3.05) is 0 Å². The van der Waals surface area contributed by atoms with E-state index in [0.717, 1.165) is 0 Å². The summed E-state index contributed by atoms with van der Waals surface area (Å²) < 4.78 is 0. The van der Waals surface area contributed by atoms with Crippen molar-refractivity contribution in [2.45, 2.75) is 6.92 Å². The maximum Gasteiger partial charge on any atom is 0.280 e. The Kier molecular flexibility index (Phi) is 3.50. The van der Waals surface area contributed by atoms with Crippen LogP contribution in [0.2, 0.25) is 10.3 Å². The molecule has 0 fully saturated rings. The van der Waals surface area contributed by atoms with E-state index in [-0.39, 0.29) is 16.0 Å². The average Bonchev–Trinajstić information content (AvgIpc) is 2.28. The third-order valence-corrected chi connectivity index (χ3v) is 3.02. The maximum atomic E-state index is 11.1. The number of rotatable bonds is 2. The van der Waals surface area contributed by atoms with Gasteiger partial charge in [0, 0.05) is 11.1 Å². The third-order valence-electron chi connectivity index (χ3n) is 2.53. The normalized spacial score (nSPS) is 10.4. The Hall–Kier alpha value is -1.65. The van der Waals surface area contributed by atoms with Crippen LogP contribution in [0, 0.1) is 17.0 Å². The van der Waals surface area contributed by atoms with Crippen molar-refractivity contribution in [1.29, 1.82) is 0 Å². The topological polar surface area (TPSA) is 56.0 Å². The van der Waals surface area contributed by atoms with Gasteiger partial charge >= 0.3 is 0 Å². The summed E-state index contributed by atoms with van der Waals surface area (Å²) in [6, 6.07) is 8.23. The highest BCUT2D eigenvalue weighted by molar-refractivity contribution is 6.34. The van der Waals surface area contributed by atoms with E-state index >= 15 is 0 Å². The molecule has 1 aromatic carbocycles. The molecule has 0 atom stereocenters. The standard InChI is InChI=1S/C12H8Cl2N2O2/c1-7-3-2-4-8(11(7)16(17)18)9-5-6-10(13)15-12(9)14/h2-6H,1H3. The number of para-hydroxylation sites is 1. The molecule has 2 aromatic rings. The first-order valence-corrected chi connectivity index (χ1v) is 5.82. The summed E-state index contributed by atoms with van der Waals surface area (Å²) in [5.41, 5.74) is 1.54. The van der Waals surface area contributed by atoms with Crippen molar-refractivity contribution >= 4 is 28.9 Å². The van der Waals surface area contributed by atoms with Crippen LogP contribution in [0.15, 0.2) is 30.3 Å². The van der Waals surface area contributed by atoms with Crippen LogP contribution >= 0.6 is 23.2 Å². The van der Waals surface area contributed by atoms with Crippen molar-refractivity contribution in [3.8, 4) is 11.1 Å². The molecular formula is C12H8Cl2N2O2. The number of nitrogens with zero attached hydrogens (tertiary/aromatic N) is 2. The molecule has 4 nitrogen and oxygen atoms in total. The van der Waals surface area contributed by atoms with Crippen LogP contribution in [0.4, 0.5) is 5.69 Å². The Morgan fingerprint density at radius 2 is 1.89 bits per heavy atom. The largest absolute Gasteiger partial charge is 0.280 e. The number of aromatic nitrogens is 1. The van der Waals surface area contributed by atoms with Crippen LogP contribution in [0.3, 0.4) is 0 Å². The fourth-order valence-electron chi connectivity index (χ4n) is 1.73. The molecule has 0 amide bonds. The Labute approximate surface area is 113 Å². The lowest BCUT2D eigenvalue weighted by atomic mass is 10.0. The molecule has 1 aromatic heterocycles. The second kappa shape index (κ2) is 4.92. The van der Waals surface area contributed by atoms with Crippen LogP contribution in [-0.4, -0.2) is 9.91 Å². The zero-order valence-electron chi connectivity index (χ0n) is 9.35. The van der Waals surface area contributed by atoms with Gasteiger partial charge in [0.05, 0.1) is 10.5 Å². The average molecular weight is 283 g/mol. The van der Waals surface area contributed by atoms with Gasteiger partial charge in [0.1, 0.15) is 10.3 Å². The zero-order valence-corrected chi connectivity index (χ0v) is 10.9. The predicted molar refractivity (Wildman–Crippen MR) is 71.1 cm³/mol. The lowest BCUT2D eigenvalue weighted by Gasteiger charge is -2.07. The van der Waals surface area contributed by atoms with Crippen LogP contribution < -0.4 is 0 Å². The first-order chi connectivity index (χ1) is 8.50. The predicted octanol–water partition coefficient (Wildman–Crippen LogP) is 4.27. The molecule has 6 heteroatoms. The summed E-state index contributed by atoms with van der Waals surface area (Å²) in [4.78, 5) is 14.6. The van der Waals surface area contributed by atoms with Gasteiger partial charge in [-0.3, -0.25) is 10.1 Å². The molecule has 0 unspecified atom stereocenters. The van der Waals surface area contributed by atoms with Gasteiger partial charge in [-0.15, -0.1) is 0 Å². The number of hydrogen-bond donors (Lipinski definition) is 0. The number of nitro benzene ring substituents is 1. The highest BCUT2D eigenvalue weighted by Crippen LogP contribution is 2.36. The first kappa shape index (κ1) is 12.8. The second-order valence-electron chi connectivity index (χ2n) is 3.70. The molecule has 1 heterocycles. The van der Waals surface area contributed by atoms with E-state index in [9.17, 15) is 10.1 Å². The summed E-state index contributed by atoms with van der Waals surface area (Å²) in [5, 5.41) is 11.5. The summed E-state index contributed by atoms with van der Waals surface area (Å²) in [5.74, 6) is 0.